The molecule has 2 aromatic rings. The number of nitrogens with zero attached hydrogens (tertiary/aromatic N) is 2. The van der Waals surface area contributed by atoms with Gasteiger partial charge in [0.15, 0.2) is 0 Å². The Morgan fingerprint density at radius 2 is 1.89 bits per heavy atom. The van der Waals surface area contributed by atoms with Crippen molar-refractivity contribution in [3.63, 3.8) is 0 Å². The van der Waals surface area contributed by atoms with Crippen molar-refractivity contribution in [2.24, 2.45) is 5.73 Å². The number of primary amides is 1. The molecule has 0 bridgehead atoms. The van der Waals surface area contributed by atoms with E-state index in [2.05, 4.69) is 6.07 Å². The summed E-state index contributed by atoms with van der Waals surface area (Å²) in [6, 6.07) is 16.3. The van der Waals surface area contributed by atoms with Crippen molar-refractivity contribution in [1.29, 1.82) is 5.26 Å². The number of benzene rings is 2. The van der Waals surface area contributed by atoms with E-state index >= 15 is 0 Å². The van der Waals surface area contributed by atoms with E-state index in [1.54, 1.807) is 42.5 Å². The molecule has 8 heteroatoms. The van der Waals surface area contributed by atoms with Crippen molar-refractivity contribution in [1.82, 2.24) is 4.90 Å². The quantitative estimate of drug-likeness (QED) is 0.755. The number of carbonyl (C=O) groups is 3. The Bertz CT molecular complexity index is 1010. The molecule has 0 atom stereocenters. The highest BCUT2D eigenvalue weighted by molar-refractivity contribution is 8.18. The summed E-state index contributed by atoms with van der Waals surface area (Å²) in [5, 5.41) is 8.58. The minimum absolute atomic E-state index is 0.225. The lowest BCUT2D eigenvalue weighted by molar-refractivity contribution is -0.127. The van der Waals surface area contributed by atoms with Crippen LogP contribution in [0.15, 0.2) is 53.4 Å². The maximum absolute atomic E-state index is 12.2. The molecule has 0 radical (unpaired) electrons. The third-order valence-corrected chi connectivity index (χ3v) is 4.80. The molecule has 7 nitrogen and oxygen atoms in total. The highest BCUT2D eigenvalue weighted by atomic mass is 32.2. The summed E-state index contributed by atoms with van der Waals surface area (Å²) in [6.07, 6.45) is 1.57. The van der Waals surface area contributed by atoms with Crippen molar-refractivity contribution in [2.75, 3.05) is 6.54 Å². The van der Waals surface area contributed by atoms with Gasteiger partial charge in [0.2, 0.25) is 5.91 Å². The van der Waals surface area contributed by atoms with Gasteiger partial charge >= 0.3 is 0 Å². The van der Waals surface area contributed by atoms with Gasteiger partial charge in [-0.1, -0.05) is 30.3 Å². The molecule has 0 aromatic heterocycles. The zero-order valence-corrected chi connectivity index (χ0v) is 15.4. The molecule has 140 valence electrons. The summed E-state index contributed by atoms with van der Waals surface area (Å²) < 4.78 is 5.70. The number of imide groups is 1. The van der Waals surface area contributed by atoms with Gasteiger partial charge in [-0.2, -0.15) is 5.26 Å². The second-order valence-electron chi connectivity index (χ2n) is 5.86. The Balaban J connectivity index is 1.67. The molecule has 3 rings (SSSR count). The van der Waals surface area contributed by atoms with Crippen LogP contribution in [0.1, 0.15) is 16.7 Å². The van der Waals surface area contributed by atoms with E-state index in [1.165, 1.54) is 0 Å². The standard InChI is InChI=1S/C20H15N3O4S/c21-10-14-3-1-2-4-15(14)12-27-16-7-5-13(6-8-16)9-17-19(25)23(11-18(22)24)20(26)28-17/h1-9H,11-12H2,(H2,22,24)/b17-9-. The number of carbonyl (C=O) groups excluding carboxylic acids is 3. The topological polar surface area (TPSA) is 113 Å². The summed E-state index contributed by atoms with van der Waals surface area (Å²) in [6.45, 7) is -0.173. The first-order valence-corrected chi connectivity index (χ1v) is 9.04. The molecule has 2 aromatic carbocycles. The SMILES string of the molecule is N#Cc1ccccc1COc1ccc(/C=C2\SC(=O)N(CC(N)=O)C2=O)cc1. The molecule has 1 saturated heterocycles. The van der Waals surface area contributed by atoms with Crippen LogP contribution in [0.25, 0.3) is 6.08 Å². The Morgan fingerprint density at radius 3 is 2.57 bits per heavy atom. The molecule has 28 heavy (non-hydrogen) atoms. The molecule has 0 saturated carbocycles. The van der Waals surface area contributed by atoms with E-state index in [0.717, 1.165) is 22.2 Å². The minimum atomic E-state index is -0.747. The normalized spacial score (nSPS) is 15.0. The Labute approximate surface area is 165 Å². The van der Waals surface area contributed by atoms with Crippen LogP contribution in [-0.2, 0) is 16.2 Å². The number of hydrogen-bond donors (Lipinski definition) is 1. The summed E-state index contributed by atoms with van der Waals surface area (Å²) in [5.41, 5.74) is 7.11. The van der Waals surface area contributed by atoms with Gasteiger partial charge in [-0.05, 0) is 41.6 Å². The second-order valence-corrected chi connectivity index (χ2v) is 6.85. The number of amides is 3. The zero-order valence-electron chi connectivity index (χ0n) is 14.6. The molecule has 0 aliphatic carbocycles. The first-order valence-electron chi connectivity index (χ1n) is 8.22. The fourth-order valence-electron chi connectivity index (χ4n) is 2.52. The van der Waals surface area contributed by atoms with E-state index in [4.69, 9.17) is 15.7 Å². The number of ether oxygens (including phenoxy) is 1. The molecule has 2 N–H and O–H groups in total. The van der Waals surface area contributed by atoms with Gasteiger partial charge in [0.05, 0.1) is 16.5 Å². The number of nitrogens with two attached hydrogens (primary N) is 1. The number of hydrogen-bond acceptors (Lipinski definition) is 6. The lowest BCUT2D eigenvalue weighted by Crippen LogP contribution is -2.36. The maximum atomic E-state index is 12.2. The zero-order chi connectivity index (χ0) is 20.1. The van der Waals surface area contributed by atoms with Gasteiger partial charge in [-0.3, -0.25) is 19.3 Å². The highest BCUT2D eigenvalue weighted by Gasteiger charge is 2.35. The highest BCUT2D eigenvalue weighted by Crippen LogP contribution is 2.32. The van der Waals surface area contributed by atoms with E-state index in [1.807, 2.05) is 12.1 Å². The summed E-state index contributed by atoms with van der Waals surface area (Å²) >= 11 is 0.763. The lowest BCUT2D eigenvalue weighted by atomic mass is 10.1. The Morgan fingerprint density at radius 1 is 1.18 bits per heavy atom. The fourth-order valence-corrected chi connectivity index (χ4v) is 3.36. The van der Waals surface area contributed by atoms with Crippen molar-refractivity contribution in [2.45, 2.75) is 6.61 Å². The van der Waals surface area contributed by atoms with Crippen LogP contribution in [0, 0.1) is 11.3 Å². The molecule has 3 amide bonds. The van der Waals surface area contributed by atoms with Gasteiger partial charge in [-0.15, -0.1) is 0 Å². The fraction of sp³-hybridized carbons (Fsp3) is 0.100. The summed E-state index contributed by atoms with van der Waals surface area (Å²) in [4.78, 5) is 36.0. The maximum Gasteiger partial charge on any atom is 0.294 e. The Hall–Kier alpha value is -3.57. The van der Waals surface area contributed by atoms with Gasteiger partial charge in [-0.25, -0.2) is 0 Å². The van der Waals surface area contributed by atoms with E-state index in [0.29, 0.717) is 16.9 Å². The van der Waals surface area contributed by atoms with Crippen molar-refractivity contribution in [3.8, 4) is 11.8 Å². The van der Waals surface area contributed by atoms with Crippen LogP contribution < -0.4 is 10.5 Å². The molecule has 1 aliphatic heterocycles. The molecule has 1 fully saturated rings. The van der Waals surface area contributed by atoms with Gasteiger partial charge < -0.3 is 10.5 Å². The van der Waals surface area contributed by atoms with Crippen LogP contribution in [0.2, 0.25) is 0 Å². The minimum Gasteiger partial charge on any atom is -0.489 e. The third kappa shape index (κ3) is 4.39. The number of nitriles is 1. The van der Waals surface area contributed by atoms with Gasteiger partial charge in [0, 0.05) is 5.56 Å². The average molecular weight is 393 g/mol. The van der Waals surface area contributed by atoms with Crippen molar-refractivity contribution in [3.05, 3.63) is 70.1 Å². The molecular formula is C20H15N3O4S. The predicted octanol–water partition coefficient (Wildman–Crippen LogP) is 2.66. The lowest BCUT2D eigenvalue weighted by Gasteiger charge is -2.08. The van der Waals surface area contributed by atoms with E-state index in [-0.39, 0.29) is 11.5 Å². The van der Waals surface area contributed by atoms with Crippen LogP contribution in [0.4, 0.5) is 4.79 Å². The molecule has 0 spiro atoms. The van der Waals surface area contributed by atoms with Crippen molar-refractivity contribution >= 4 is 34.9 Å². The number of thioether (sulfide) groups is 1. The first kappa shape index (κ1) is 19.2. The van der Waals surface area contributed by atoms with Crippen LogP contribution in [-0.4, -0.2) is 28.5 Å². The first-order chi connectivity index (χ1) is 13.5. The molecule has 0 unspecified atom stereocenters. The predicted molar refractivity (Wildman–Crippen MR) is 104 cm³/mol. The van der Waals surface area contributed by atoms with Gasteiger partial charge in [0.25, 0.3) is 11.1 Å². The number of rotatable bonds is 6. The van der Waals surface area contributed by atoms with Crippen molar-refractivity contribution < 1.29 is 19.1 Å². The molecule has 1 aliphatic rings. The summed E-state index contributed by atoms with van der Waals surface area (Å²) in [5.74, 6) is -0.683. The van der Waals surface area contributed by atoms with E-state index in [9.17, 15) is 14.4 Å². The third-order valence-electron chi connectivity index (χ3n) is 3.90. The molecule has 1 heterocycles. The van der Waals surface area contributed by atoms with E-state index < -0.39 is 23.6 Å². The van der Waals surface area contributed by atoms with Crippen LogP contribution in [0.3, 0.4) is 0 Å². The van der Waals surface area contributed by atoms with Crippen LogP contribution >= 0.6 is 11.8 Å². The Kier molecular flexibility index (Phi) is 5.77. The van der Waals surface area contributed by atoms with Gasteiger partial charge in [0.1, 0.15) is 18.9 Å². The summed E-state index contributed by atoms with van der Waals surface area (Å²) in [7, 11) is 0. The molecular weight excluding hydrogens is 378 g/mol. The monoisotopic (exact) mass is 393 g/mol. The largest absolute Gasteiger partial charge is 0.489 e. The smallest absolute Gasteiger partial charge is 0.294 e. The average Bonchev–Trinajstić information content (AvgIpc) is 2.94. The van der Waals surface area contributed by atoms with Crippen LogP contribution in [0.5, 0.6) is 5.75 Å². The second kappa shape index (κ2) is 8.41.